The fourth-order valence-corrected chi connectivity index (χ4v) is 1.99. The van der Waals surface area contributed by atoms with Crippen molar-refractivity contribution in [2.75, 3.05) is 12.5 Å². The van der Waals surface area contributed by atoms with Crippen molar-refractivity contribution in [3.63, 3.8) is 0 Å². The third-order valence-electron chi connectivity index (χ3n) is 0.981. The van der Waals surface area contributed by atoms with Gasteiger partial charge in [-0.15, -0.1) is 0 Å². The van der Waals surface area contributed by atoms with Crippen LogP contribution in [-0.2, 0) is 9.09 Å². The summed E-state index contributed by atoms with van der Waals surface area (Å²) in [7, 11) is -1.92. The van der Waals surface area contributed by atoms with E-state index >= 15 is 0 Å². The molecule has 7 heavy (non-hydrogen) atoms. The van der Waals surface area contributed by atoms with E-state index in [9.17, 15) is 4.57 Å². The van der Waals surface area contributed by atoms with Gasteiger partial charge in [0, 0.05) is 6.16 Å². The number of rotatable bonds is 2. The fourth-order valence-electron chi connectivity index (χ4n) is 0.534. The maximum Gasteiger partial charge on any atom is 0.229 e. The lowest BCUT2D eigenvalue weighted by Crippen LogP contribution is -1.68. The van der Waals surface area contributed by atoms with Crippen LogP contribution in [0, 0.1) is 0 Å². The van der Waals surface area contributed by atoms with Crippen LogP contribution < -0.4 is 0 Å². The molecular weight excluding hydrogens is 111 g/mol. The smallest absolute Gasteiger partial charge is 0.229 e. The van der Waals surface area contributed by atoms with E-state index in [2.05, 4.69) is 0 Å². The van der Waals surface area contributed by atoms with E-state index in [0.29, 0.717) is 6.35 Å². The normalized spacial score (nSPS) is 38.4. The van der Waals surface area contributed by atoms with Crippen LogP contribution in [0.25, 0.3) is 0 Å². The van der Waals surface area contributed by atoms with E-state index in [1.807, 2.05) is 6.92 Å². The van der Waals surface area contributed by atoms with Crippen LogP contribution in [0.15, 0.2) is 0 Å². The molecule has 1 rings (SSSR count). The largest absolute Gasteiger partial charge is 0.317 e. The summed E-state index contributed by atoms with van der Waals surface area (Å²) in [6.07, 6.45) is 2.31. The van der Waals surface area contributed by atoms with Gasteiger partial charge in [0.05, 0.1) is 0 Å². The summed E-state index contributed by atoms with van der Waals surface area (Å²) in [5.74, 6) is 0. The summed E-state index contributed by atoms with van der Waals surface area (Å²) < 4.78 is 15.4. The van der Waals surface area contributed by atoms with Crippen LogP contribution in [0.2, 0.25) is 0 Å². The van der Waals surface area contributed by atoms with Crippen LogP contribution in [0.1, 0.15) is 13.3 Å². The van der Waals surface area contributed by atoms with Crippen LogP contribution in [0.4, 0.5) is 0 Å². The third kappa shape index (κ3) is 1.29. The van der Waals surface area contributed by atoms with Gasteiger partial charge in [-0.05, 0) is 6.42 Å². The predicted molar refractivity (Wildman–Crippen MR) is 28.7 cm³/mol. The highest BCUT2D eigenvalue weighted by molar-refractivity contribution is 7.64. The molecule has 2 nitrogen and oxygen atoms in total. The Labute approximate surface area is 43.3 Å². The second-order valence-electron chi connectivity index (χ2n) is 1.80. The van der Waals surface area contributed by atoms with Gasteiger partial charge in [-0.3, -0.25) is 4.57 Å². The lowest BCUT2D eigenvalue weighted by atomic mass is 10.6. The van der Waals surface area contributed by atoms with Gasteiger partial charge in [0.2, 0.25) is 7.37 Å². The topological polar surface area (TPSA) is 29.6 Å². The Morgan fingerprint density at radius 2 is 2.43 bits per heavy atom. The number of hydrogen-bond donors (Lipinski definition) is 0. The average molecular weight is 120 g/mol. The summed E-state index contributed by atoms with van der Waals surface area (Å²) in [6, 6.07) is 0. The maximum atomic E-state index is 10.7. The highest BCUT2D eigenvalue weighted by Crippen LogP contribution is 2.62. The van der Waals surface area contributed by atoms with E-state index < -0.39 is 7.37 Å². The molecule has 1 heterocycles. The molecule has 0 N–H and O–H groups in total. The zero-order valence-corrected chi connectivity index (χ0v) is 5.28. The first-order valence-electron chi connectivity index (χ1n) is 2.49. The molecule has 0 aromatic carbocycles. The van der Waals surface area contributed by atoms with Crippen molar-refractivity contribution in [1.29, 1.82) is 0 Å². The van der Waals surface area contributed by atoms with Crippen LogP contribution in [0.3, 0.4) is 0 Å². The molecule has 0 radical (unpaired) electrons. The van der Waals surface area contributed by atoms with Crippen molar-refractivity contribution in [3.05, 3.63) is 0 Å². The second-order valence-corrected chi connectivity index (χ2v) is 4.39. The van der Waals surface area contributed by atoms with Crippen LogP contribution >= 0.6 is 7.37 Å². The van der Waals surface area contributed by atoms with Crippen molar-refractivity contribution >= 4 is 7.37 Å². The van der Waals surface area contributed by atoms with Gasteiger partial charge in [0.25, 0.3) is 0 Å². The van der Waals surface area contributed by atoms with Gasteiger partial charge >= 0.3 is 0 Å². The molecule has 0 aromatic rings. The van der Waals surface area contributed by atoms with E-state index in [4.69, 9.17) is 4.52 Å². The highest BCUT2D eigenvalue weighted by Gasteiger charge is 2.36. The van der Waals surface area contributed by atoms with Gasteiger partial charge in [-0.25, -0.2) is 0 Å². The Bertz CT molecular complexity index is 102. The minimum Gasteiger partial charge on any atom is -0.317 e. The average Bonchev–Trinajstić information content (AvgIpc) is 2.22. The quantitative estimate of drug-likeness (QED) is 0.409. The molecule has 1 aliphatic heterocycles. The van der Waals surface area contributed by atoms with Crippen molar-refractivity contribution in [2.24, 2.45) is 0 Å². The fraction of sp³-hybridized carbons (Fsp3) is 1.00. The number of hydrogen-bond acceptors (Lipinski definition) is 2. The van der Waals surface area contributed by atoms with Crippen LogP contribution in [-0.4, -0.2) is 12.5 Å². The first-order chi connectivity index (χ1) is 3.27. The minimum atomic E-state index is -1.92. The summed E-state index contributed by atoms with van der Waals surface area (Å²) in [5.41, 5.74) is 0. The van der Waals surface area contributed by atoms with Gasteiger partial charge in [0.1, 0.15) is 6.35 Å². The summed E-state index contributed by atoms with van der Waals surface area (Å²) in [4.78, 5) is 0. The van der Waals surface area contributed by atoms with Crippen molar-refractivity contribution in [1.82, 2.24) is 0 Å². The van der Waals surface area contributed by atoms with E-state index in [0.717, 1.165) is 12.6 Å². The molecule has 0 aliphatic carbocycles. The Morgan fingerprint density at radius 1 is 1.86 bits per heavy atom. The Morgan fingerprint density at radius 3 is 2.57 bits per heavy atom. The SMILES string of the molecule is CCCP1(=O)CO1. The molecule has 0 spiro atoms. The van der Waals surface area contributed by atoms with Crippen LogP contribution in [0.5, 0.6) is 0 Å². The van der Waals surface area contributed by atoms with E-state index in [1.165, 1.54) is 0 Å². The Hall–Kier alpha value is 0.190. The third-order valence-corrected chi connectivity index (χ3v) is 2.94. The van der Waals surface area contributed by atoms with Crippen molar-refractivity contribution in [2.45, 2.75) is 13.3 Å². The van der Waals surface area contributed by atoms with Gasteiger partial charge in [0.15, 0.2) is 0 Å². The lowest BCUT2D eigenvalue weighted by Gasteiger charge is -1.82. The molecule has 0 saturated carbocycles. The monoisotopic (exact) mass is 120 g/mol. The second kappa shape index (κ2) is 1.61. The molecule has 1 unspecified atom stereocenters. The lowest BCUT2D eigenvalue weighted by molar-refractivity contribution is 0.514. The molecule has 0 aromatic heterocycles. The molecule has 0 bridgehead atoms. The molecule has 1 atom stereocenters. The summed E-state index contributed by atoms with van der Waals surface area (Å²) in [6.45, 7) is 2.02. The Kier molecular flexibility index (Phi) is 1.22. The zero-order chi connectivity index (χ0) is 5.33. The Balaban J connectivity index is 2.27. The molecule has 1 saturated heterocycles. The van der Waals surface area contributed by atoms with E-state index in [1.54, 1.807) is 0 Å². The summed E-state index contributed by atoms with van der Waals surface area (Å²) in [5, 5.41) is 0. The van der Waals surface area contributed by atoms with Crippen molar-refractivity contribution in [3.8, 4) is 0 Å². The predicted octanol–water partition coefficient (Wildman–Crippen LogP) is 1.66. The first kappa shape index (κ1) is 5.33. The summed E-state index contributed by atoms with van der Waals surface area (Å²) >= 11 is 0. The van der Waals surface area contributed by atoms with Gasteiger partial charge in [-0.1, -0.05) is 6.92 Å². The first-order valence-corrected chi connectivity index (χ1v) is 4.49. The minimum absolute atomic E-state index is 0.542. The molecule has 42 valence electrons. The molecular formula is C4H9O2P. The zero-order valence-electron chi connectivity index (χ0n) is 4.39. The standard InChI is InChI=1S/C4H9O2P/c1-2-3-7(5)4-6-7/h2-4H2,1H3. The molecule has 1 fully saturated rings. The maximum absolute atomic E-state index is 10.7. The van der Waals surface area contributed by atoms with Gasteiger partial charge in [-0.2, -0.15) is 0 Å². The molecule has 3 heteroatoms. The van der Waals surface area contributed by atoms with E-state index in [-0.39, 0.29) is 0 Å². The molecule has 1 aliphatic rings. The highest BCUT2D eigenvalue weighted by atomic mass is 31.2. The van der Waals surface area contributed by atoms with Gasteiger partial charge < -0.3 is 4.52 Å². The molecule has 0 amide bonds. The van der Waals surface area contributed by atoms with Crippen molar-refractivity contribution < 1.29 is 9.09 Å².